The van der Waals surface area contributed by atoms with Crippen molar-refractivity contribution in [1.29, 1.82) is 0 Å². The molecule has 8 atom stereocenters. The fourth-order valence-corrected chi connectivity index (χ4v) is 10.7. The molecule has 6 rings (SSSR count). The third kappa shape index (κ3) is 24.7. The van der Waals surface area contributed by atoms with Crippen molar-refractivity contribution in [2.24, 2.45) is 51.2 Å². The van der Waals surface area contributed by atoms with E-state index in [1.54, 1.807) is 34.6 Å². The summed E-state index contributed by atoms with van der Waals surface area (Å²) in [5.74, 6) is -6.90. The minimum Gasteiger partial charge on any atom is -0.748 e. The van der Waals surface area contributed by atoms with Crippen molar-refractivity contribution < 1.29 is 118 Å². The van der Waals surface area contributed by atoms with Crippen molar-refractivity contribution in [3.8, 4) is 0 Å². The summed E-state index contributed by atoms with van der Waals surface area (Å²) in [4.78, 5) is 60.2. The van der Waals surface area contributed by atoms with Crippen molar-refractivity contribution in [2.75, 3.05) is 25.6 Å². The summed E-state index contributed by atoms with van der Waals surface area (Å²) < 4.78 is 153. The van der Waals surface area contributed by atoms with Gasteiger partial charge in [-0.25, -0.2) is 26.0 Å². The average Bonchev–Trinajstić information content (AvgIpc) is 4.12. The molecule has 8 unspecified atom stereocenters. The van der Waals surface area contributed by atoms with Gasteiger partial charge >= 0.3 is 58.4 Å². The summed E-state index contributed by atoms with van der Waals surface area (Å²) in [7, 11) is -5.27. The number of epoxide rings is 1. The molecule has 14 nitrogen and oxygen atoms in total. The molecule has 0 aromatic rings. The maximum atomic E-state index is 13.3. The van der Waals surface area contributed by atoms with E-state index in [2.05, 4.69) is 23.3 Å². The zero-order valence-electron chi connectivity index (χ0n) is 48.8. The van der Waals surface area contributed by atoms with Gasteiger partial charge in [0.25, 0.3) is 5.92 Å². The van der Waals surface area contributed by atoms with Crippen LogP contribution in [0.2, 0.25) is 0 Å². The van der Waals surface area contributed by atoms with Crippen LogP contribution in [0.5, 0.6) is 0 Å². The summed E-state index contributed by atoms with van der Waals surface area (Å²) >= 11 is 0. The number of carbonyl (C=O) groups is 5. The molecule has 23 heteroatoms. The van der Waals surface area contributed by atoms with Gasteiger partial charge in [-0.2, -0.15) is 13.2 Å². The van der Waals surface area contributed by atoms with Gasteiger partial charge in [0.2, 0.25) is 12.5 Å². The Morgan fingerprint density at radius 3 is 1.71 bits per heavy atom. The third-order valence-electron chi connectivity index (χ3n) is 16.5. The summed E-state index contributed by atoms with van der Waals surface area (Å²) in [6.45, 7) is 24.2. The van der Waals surface area contributed by atoms with Gasteiger partial charge in [0, 0.05) is 6.42 Å². The molecule has 1 aliphatic heterocycles. The molecule has 466 valence electrons. The molecular formula is C56H92AgF7O14S. The predicted octanol–water partition coefficient (Wildman–Crippen LogP) is 12.9. The van der Waals surface area contributed by atoms with Crippen LogP contribution in [0.3, 0.4) is 0 Å². The quantitative estimate of drug-likeness (QED) is 0.0209. The number of fused-ring (bicyclic) bond motifs is 1. The van der Waals surface area contributed by atoms with Gasteiger partial charge in [0.15, 0.2) is 6.61 Å². The smallest absolute Gasteiger partial charge is 0.748 e. The van der Waals surface area contributed by atoms with Gasteiger partial charge in [0.1, 0.15) is 5.60 Å². The Morgan fingerprint density at radius 1 is 0.722 bits per heavy atom. The summed E-state index contributed by atoms with van der Waals surface area (Å²) in [6.07, 6.45) is 1.35. The number of hydrogen-bond acceptors (Lipinski definition) is 14. The number of rotatable bonds is 25. The zero-order chi connectivity index (χ0) is 59.9. The summed E-state index contributed by atoms with van der Waals surface area (Å²) in [5.41, 5.74) is -4.17. The van der Waals surface area contributed by atoms with Gasteiger partial charge in [-0.15, -0.1) is 0 Å². The van der Waals surface area contributed by atoms with Crippen LogP contribution in [0.4, 0.5) is 30.7 Å². The monoisotopic (exact) mass is 1260 g/mol. The second-order valence-electron chi connectivity index (χ2n) is 24.6. The molecule has 0 aromatic heterocycles. The van der Waals surface area contributed by atoms with Gasteiger partial charge in [-0.1, -0.05) is 67.7 Å². The number of alkyl halides is 7. The maximum Gasteiger partial charge on any atom is 1.00 e. The molecule has 0 spiro atoms. The number of ether oxygens (including phenoxy) is 6. The minimum atomic E-state index is -5.27. The molecule has 1 heterocycles. The number of esters is 5. The van der Waals surface area contributed by atoms with Crippen molar-refractivity contribution in [3.63, 3.8) is 0 Å². The zero-order valence-corrected chi connectivity index (χ0v) is 51.1. The Labute approximate surface area is 481 Å². The van der Waals surface area contributed by atoms with Crippen LogP contribution in [0, 0.1) is 51.2 Å². The molecule has 0 aromatic carbocycles. The maximum absolute atomic E-state index is 13.3. The molecular weight excluding hydrogens is 1170 g/mol. The van der Waals surface area contributed by atoms with Crippen molar-refractivity contribution in [2.45, 2.75) is 248 Å². The van der Waals surface area contributed by atoms with Crippen molar-refractivity contribution in [3.05, 3.63) is 0 Å². The van der Waals surface area contributed by atoms with Crippen molar-refractivity contribution in [1.82, 2.24) is 0 Å². The van der Waals surface area contributed by atoms with E-state index in [1.165, 1.54) is 19.3 Å². The van der Waals surface area contributed by atoms with Crippen molar-refractivity contribution >= 4 is 40.0 Å². The van der Waals surface area contributed by atoms with E-state index in [0.717, 1.165) is 44.9 Å². The molecule has 0 N–H and O–H groups in total. The second kappa shape index (κ2) is 31.4. The standard InChI is InChI=1S/C20H29F3O7S.C13H22O3.C13H26O2.C10H16F4O2.Ag/c1-4-17(2,3)15(24)30-19-8-12-5-13(9-19)7-18(6-12,11-19)16(25)29-14(20(21,22)23)10-31(26,27)28;1-4-13(2,3)12(14)15-8-9-5-6-10-11(7-9)16-10;1-5-8-9-12(7-3)10-15-13(14)11(4)6-2;1-4-9(2,3)8(15)16-6-10(13,14)5-7(11)12;/h12-14H,4-11H2,1-3H3,(H,26,27,28);9-11H,4-8H2,1-3H3;11-12H,5-10H2,1-4H3;7H,4-6H2,1-3H3;/q;;;;+1/p-1. The van der Waals surface area contributed by atoms with Crippen LogP contribution in [0.1, 0.15) is 206 Å². The SMILES string of the molecule is CCC(C)(C)C(=O)OC12CC3CC(C1)CC(C(=O)OC(CS(=O)(=O)[O-])C(F)(F)F)(C3)C2.CCC(C)(C)C(=O)OCC(F)(F)CC(F)F.CCC(C)(C)C(=O)OCC1CCC2OC2C1.CCCCC(CC)COC(=O)C(C)CC.[Ag+]. The fraction of sp³-hybridized carbons (Fsp3) is 0.911. The van der Waals surface area contributed by atoms with Crippen LogP contribution >= 0.6 is 0 Å². The number of carbonyl (C=O) groups excluding carboxylic acids is 5. The van der Waals surface area contributed by atoms with Crippen LogP contribution in [-0.2, 0) is 84.9 Å². The largest absolute Gasteiger partial charge is 1.00 e. The first-order chi connectivity index (χ1) is 35.8. The van der Waals surface area contributed by atoms with Crippen LogP contribution < -0.4 is 0 Å². The van der Waals surface area contributed by atoms with E-state index in [-0.39, 0.29) is 63.9 Å². The van der Waals surface area contributed by atoms with Crippen LogP contribution in [0.25, 0.3) is 0 Å². The molecule has 79 heavy (non-hydrogen) atoms. The Bertz CT molecular complexity index is 2040. The van der Waals surface area contributed by atoms with E-state index in [1.807, 2.05) is 41.5 Å². The van der Waals surface area contributed by atoms with Gasteiger partial charge < -0.3 is 33.0 Å². The normalized spacial score (nSPS) is 25.4. The molecule has 0 amide bonds. The molecule has 1 saturated heterocycles. The van der Waals surface area contributed by atoms with Gasteiger partial charge in [0.05, 0.1) is 75.3 Å². The number of halogens is 7. The van der Waals surface area contributed by atoms with E-state index in [0.29, 0.717) is 75.8 Å². The fourth-order valence-electron chi connectivity index (χ4n) is 10.0. The Kier molecular flexibility index (Phi) is 29.6. The van der Waals surface area contributed by atoms with Gasteiger partial charge in [-0.05, 0) is 149 Å². The van der Waals surface area contributed by atoms with E-state index >= 15 is 0 Å². The first kappa shape index (κ1) is 74.5. The minimum absolute atomic E-state index is 0. The first-order valence-corrected chi connectivity index (χ1v) is 29.6. The average molecular weight is 1260 g/mol. The summed E-state index contributed by atoms with van der Waals surface area (Å²) in [5, 5.41) is 0. The van der Waals surface area contributed by atoms with E-state index in [9.17, 15) is 67.7 Å². The molecule has 5 saturated carbocycles. The summed E-state index contributed by atoms with van der Waals surface area (Å²) in [6, 6.07) is 0. The van der Waals surface area contributed by atoms with E-state index in [4.69, 9.17) is 18.9 Å². The molecule has 5 aliphatic carbocycles. The third-order valence-corrected chi connectivity index (χ3v) is 17.2. The Hall–Kier alpha value is -2.53. The van der Waals surface area contributed by atoms with Crippen LogP contribution in [-0.4, -0.2) is 111 Å². The second-order valence-corrected chi connectivity index (χ2v) is 26.0. The number of hydrogen-bond donors (Lipinski definition) is 0. The molecule has 4 bridgehead atoms. The number of unbranched alkanes of at least 4 members (excludes halogenated alkanes) is 1. The Morgan fingerprint density at radius 2 is 1.25 bits per heavy atom. The molecule has 6 aliphatic rings. The topological polar surface area (TPSA) is 201 Å². The van der Waals surface area contributed by atoms with Gasteiger partial charge in [-0.3, -0.25) is 24.0 Å². The van der Waals surface area contributed by atoms with E-state index < -0.39 is 93.3 Å². The van der Waals surface area contributed by atoms with Crippen LogP contribution in [0.15, 0.2) is 0 Å². The molecule has 6 fully saturated rings. The predicted molar refractivity (Wildman–Crippen MR) is 276 cm³/mol. The molecule has 0 radical (unpaired) electrons. The Balaban J connectivity index is 0.000000559. The first-order valence-electron chi connectivity index (χ1n) is 28.0.